The van der Waals surface area contributed by atoms with Gasteiger partial charge in [-0.3, -0.25) is 4.79 Å². The lowest BCUT2D eigenvalue weighted by Gasteiger charge is -2.33. The van der Waals surface area contributed by atoms with Crippen molar-refractivity contribution >= 4 is 11.8 Å². The molecule has 0 spiro atoms. The minimum atomic E-state index is -3.04. The summed E-state index contributed by atoms with van der Waals surface area (Å²) in [6, 6.07) is 3.00. The summed E-state index contributed by atoms with van der Waals surface area (Å²) >= 11 is 0. The van der Waals surface area contributed by atoms with Crippen LogP contribution in [-0.2, 0) is 16.7 Å². The van der Waals surface area contributed by atoms with Gasteiger partial charge in [0.2, 0.25) is 12.7 Å². The van der Waals surface area contributed by atoms with E-state index in [0.29, 0.717) is 0 Å². The first-order chi connectivity index (χ1) is 13.9. The fourth-order valence-electron chi connectivity index (χ4n) is 2.95. The third-order valence-electron chi connectivity index (χ3n) is 4.38. The zero-order valence-electron chi connectivity index (χ0n) is 14.9. The Morgan fingerprint density at radius 3 is 2.72 bits per heavy atom. The number of nitrogens with zero attached hydrogens (tertiary/aromatic N) is 3. The number of halogens is 4. The van der Waals surface area contributed by atoms with Gasteiger partial charge in [0.05, 0.1) is 19.0 Å². The number of carbonyl (C=O) groups excluding carboxylic acids is 1. The van der Waals surface area contributed by atoms with Crippen LogP contribution in [0.2, 0.25) is 0 Å². The minimum Gasteiger partial charge on any atom is -0.465 e. The number of Topliss-reactive ketones (excluding diaryl/α,β-unsaturated/α-hetero) is 1. The van der Waals surface area contributed by atoms with E-state index in [2.05, 4.69) is 19.7 Å². The van der Waals surface area contributed by atoms with Crippen molar-refractivity contribution in [3.05, 3.63) is 53.2 Å². The normalized spacial score (nSPS) is 18.9. The largest absolute Gasteiger partial charge is 0.465 e. The molecule has 2 aromatic rings. The van der Waals surface area contributed by atoms with Gasteiger partial charge in [-0.25, -0.2) is 32.5 Å². The molecule has 0 aliphatic carbocycles. The number of alkyl halides is 3. The summed E-state index contributed by atoms with van der Waals surface area (Å²) in [6.07, 6.45) is -1.39. The second kappa shape index (κ2) is 8.41. The first-order valence-corrected chi connectivity index (χ1v) is 8.45. The van der Waals surface area contributed by atoms with Crippen molar-refractivity contribution in [1.29, 1.82) is 0 Å². The third kappa shape index (κ3) is 4.28. The average Bonchev–Trinajstić information content (AvgIpc) is 2.70. The predicted octanol–water partition coefficient (Wildman–Crippen LogP) is 2.54. The molecule has 1 aliphatic rings. The molecule has 29 heavy (non-hydrogen) atoms. The average molecular weight is 412 g/mol. The summed E-state index contributed by atoms with van der Waals surface area (Å²) < 4.78 is 63.6. The predicted molar refractivity (Wildman–Crippen MR) is 92.9 cm³/mol. The van der Waals surface area contributed by atoms with E-state index in [9.17, 15) is 22.4 Å². The van der Waals surface area contributed by atoms with Gasteiger partial charge in [-0.1, -0.05) is 6.07 Å². The molecule has 0 amide bonds. The molecule has 0 saturated heterocycles. The fraction of sp³-hybridized carbons (Fsp3) is 0.333. The van der Waals surface area contributed by atoms with Crippen molar-refractivity contribution < 1.29 is 31.8 Å². The van der Waals surface area contributed by atoms with E-state index in [1.807, 2.05) is 0 Å². The van der Waals surface area contributed by atoms with Crippen LogP contribution in [0.15, 0.2) is 35.6 Å². The number of benzene rings is 1. The number of ketones is 1. The van der Waals surface area contributed by atoms with Gasteiger partial charge < -0.3 is 15.2 Å². The standard InChI is InChI=1S/C18H16F4N4O3/c19-9-29-15-8-24-13(7-25-15)14(27)6-10-1-2-12(20)11(5-10)18(16(21)22)3-4-28-17(23)26-18/h1-2,5,7-8,16H,3-4,6,9H2,(H2,23,26)/t18-/m0/s1. The maximum Gasteiger partial charge on any atom is 0.283 e. The Hall–Kier alpha value is -3.24. The number of amidine groups is 1. The van der Waals surface area contributed by atoms with Crippen molar-refractivity contribution in [3.8, 4) is 5.88 Å². The van der Waals surface area contributed by atoms with E-state index in [-0.39, 0.29) is 42.1 Å². The van der Waals surface area contributed by atoms with Crippen LogP contribution in [0, 0.1) is 5.82 Å². The number of nitrogens with two attached hydrogens (primary N) is 1. The van der Waals surface area contributed by atoms with Gasteiger partial charge in [-0.05, 0) is 17.7 Å². The highest BCUT2D eigenvalue weighted by Gasteiger charge is 2.46. The van der Waals surface area contributed by atoms with Gasteiger partial charge in [0, 0.05) is 18.4 Å². The summed E-state index contributed by atoms with van der Waals surface area (Å²) in [4.78, 5) is 23.6. The zero-order valence-corrected chi connectivity index (χ0v) is 14.9. The zero-order chi connectivity index (χ0) is 21.0. The molecule has 2 heterocycles. The number of ether oxygens (including phenoxy) is 2. The number of rotatable bonds is 7. The summed E-state index contributed by atoms with van der Waals surface area (Å²) in [7, 11) is 0. The molecule has 0 unspecified atom stereocenters. The Morgan fingerprint density at radius 2 is 2.10 bits per heavy atom. The third-order valence-corrected chi connectivity index (χ3v) is 4.38. The number of aliphatic imine (C=N–C) groups is 1. The summed E-state index contributed by atoms with van der Waals surface area (Å²) in [5, 5.41) is 0. The Kier molecular flexibility index (Phi) is 5.95. The lowest BCUT2D eigenvalue weighted by Crippen LogP contribution is -2.41. The van der Waals surface area contributed by atoms with Gasteiger partial charge in [0.25, 0.3) is 12.4 Å². The molecule has 1 atom stereocenters. The number of hydrogen-bond acceptors (Lipinski definition) is 7. The molecular weight excluding hydrogens is 396 g/mol. The number of hydrogen-bond donors (Lipinski definition) is 1. The van der Waals surface area contributed by atoms with Crippen molar-refractivity contribution in [2.45, 2.75) is 24.8 Å². The van der Waals surface area contributed by atoms with E-state index in [0.717, 1.165) is 24.5 Å². The molecule has 0 fully saturated rings. The van der Waals surface area contributed by atoms with Crippen LogP contribution in [0.25, 0.3) is 0 Å². The highest BCUT2D eigenvalue weighted by Crippen LogP contribution is 2.40. The Bertz CT molecular complexity index is 924. The van der Waals surface area contributed by atoms with Gasteiger partial charge in [0.1, 0.15) is 11.5 Å². The molecule has 0 saturated carbocycles. The van der Waals surface area contributed by atoms with Gasteiger partial charge >= 0.3 is 0 Å². The van der Waals surface area contributed by atoms with E-state index in [4.69, 9.17) is 10.5 Å². The summed E-state index contributed by atoms with van der Waals surface area (Å²) in [5.74, 6) is -1.49. The van der Waals surface area contributed by atoms with E-state index in [1.165, 1.54) is 6.07 Å². The topological polar surface area (TPSA) is 99.7 Å². The van der Waals surface area contributed by atoms with Gasteiger partial charge in [-0.2, -0.15) is 0 Å². The molecule has 7 nitrogen and oxygen atoms in total. The minimum absolute atomic E-state index is 0.0426. The SMILES string of the molecule is NC1=N[C@@](c2cc(CC(=O)c3cnc(OCF)cn3)ccc2F)(C(F)F)CCO1. The fourth-order valence-corrected chi connectivity index (χ4v) is 2.95. The van der Waals surface area contributed by atoms with Crippen molar-refractivity contribution in [2.75, 3.05) is 13.5 Å². The first-order valence-electron chi connectivity index (χ1n) is 8.45. The highest BCUT2D eigenvalue weighted by atomic mass is 19.3. The summed E-state index contributed by atoms with van der Waals surface area (Å²) in [6.45, 7) is -1.24. The molecule has 3 rings (SSSR count). The molecule has 0 radical (unpaired) electrons. The van der Waals surface area contributed by atoms with Crippen LogP contribution in [-0.4, -0.2) is 41.7 Å². The molecule has 2 N–H and O–H groups in total. The molecular formula is C18H16F4N4O3. The van der Waals surface area contributed by atoms with Crippen LogP contribution in [0.4, 0.5) is 17.6 Å². The Morgan fingerprint density at radius 1 is 1.31 bits per heavy atom. The maximum absolute atomic E-state index is 14.4. The maximum atomic E-state index is 14.4. The van der Waals surface area contributed by atoms with E-state index in [1.54, 1.807) is 0 Å². The summed E-state index contributed by atoms with van der Waals surface area (Å²) in [5.41, 5.74) is 3.09. The lowest BCUT2D eigenvalue weighted by atomic mass is 9.85. The second-order valence-electron chi connectivity index (χ2n) is 6.18. The monoisotopic (exact) mass is 412 g/mol. The smallest absolute Gasteiger partial charge is 0.283 e. The van der Waals surface area contributed by atoms with E-state index < -0.39 is 36.4 Å². The van der Waals surface area contributed by atoms with Gasteiger partial charge in [0.15, 0.2) is 11.3 Å². The quantitative estimate of drug-likeness (QED) is 0.554. The molecule has 1 aromatic carbocycles. The van der Waals surface area contributed by atoms with Gasteiger partial charge in [-0.15, -0.1) is 0 Å². The van der Waals surface area contributed by atoms with Crippen LogP contribution in [0.5, 0.6) is 5.88 Å². The number of carbonyl (C=O) groups is 1. The van der Waals surface area contributed by atoms with Crippen LogP contribution in [0.1, 0.15) is 28.0 Å². The second-order valence-corrected chi connectivity index (χ2v) is 6.18. The van der Waals surface area contributed by atoms with Crippen LogP contribution in [0.3, 0.4) is 0 Å². The first kappa shape index (κ1) is 20.5. The van der Waals surface area contributed by atoms with Crippen molar-refractivity contribution in [2.24, 2.45) is 10.7 Å². The molecule has 11 heteroatoms. The van der Waals surface area contributed by atoms with E-state index >= 15 is 0 Å². The Balaban J connectivity index is 1.89. The van der Waals surface area contributed by atoms with Crippen molar-refractivity contribution in [3.63, 3.8) is 0 Å². The molecule has 1 aromatic heterocycles. The van der Waals surface area contributed by atoms with Crippen LogP contribution >= 0.6 is 0 Å². The molecule has 0 bridgehead atoms. The van der Waals surface area contributed by atoms with Crippen molar-refractivity contribution in [1.82, 2.24) is 9.97 Å². The lowest BCUT2D eigenvalue weighted by molar-refractivity contribution is 0.0246. The van der Waals surface area contributed by atoms with Crippen LogP contribution < -0.4 is 10.5 Å². The molecule has 1 aliphatic heterocycles. The number of aromatic nitrogens is 2. The highest BCUT2D eigenvalue weighted by molar-refractivity contribution is 5.95. The molecule has 154 valence electrons. The Labute approximate surface area is 162 Å².